The first kappa shape index (κ1) is 23.7. The number of hydrogen-bond donors (Lipinski definition) is 4. The smallest absolute Gasteiger partial charge is 0.352 e. The van der Waals surface area contributed by atoms with Gasteiger partial charge in [0.2, 0.25) is 0 Å². The van der Waals surface area contributed by atoms with Crippen molar-refractivity contribution in [3.63, 3.8) is 0 Å². The number of carboxylic acids is 1. The molecule has 1 saturated heterocycles. The Morgan fingerprint density at radius 2 is 2.06 bits per heavy atom. The molecule has 0 radical (unpaired) electrons. The summed E-state index contributed by atoms with van der Waals surface area (Å²) in [4.78, 5) is 69.2. The van der Waals surface area contributed by atoms with Crippen LogP contribution >= 0.6 is 34.9 Å². The molecule has 34 heavy (non-hydrogen) atoms. The number of nitrogens with zero attached hydrogens (tertiary/aromatic N) is 5. The number of nitrogens with two attached hydrogens (primary N) is 1. The minimum atomic E-state index is -1.33. The highest BCUT2D eigenvalue weighted by molar-refractivity contribution is 8.01. The average molecular weight is 526 g/mol. The molecule has 17 heteroatoms. The van der Waals surface area contributed by atoms with E-state index in [-0.39, 0.29) is 33.2 Å². The molecule has 2 aliphatic heterocycles. The maximum atomic E-state index is 12.7. The fourth-order valence-corrected chi connectivity index (χ4v) is 6.16. The number of hydrogen-bond acceptors (Lipinski definition) is 13. The molecule has 14 nitrogen and oxygen atoms in total. The molecule has 2 atom stereocenters. The number of fused-ring (bicyclic) bond motifs is 1. The lowest BCUT2D eigenvalue weighted by Gasteiger charge is -2.49. The molecular weight excluding hydrogens is 510 g/mol. The summed E-state index contributed by atoms with van der Waals surface area (Å²) in [5.74, 6) is -4.47. The molecule has 178 valence electrons. The summed E-state index contributed by atoms with van der Waals surface area (Å²) in [5.41, 5.74) is 4.57. The van der Waals surface area contributed by atoms with E-state index in [1.165, 1.54) is 28.9 Å². The number of carboxylic acid groups (broad SMARTS) is 1. The molecule has 2 amide bonds. The Balaban J connectivity index is 1.48. The van der Waals surface area contributed by atoms with Crippen LogP contribution < -0.4 is 16.6 Å². The van der Waals surface area contributed by atoms with Crippen LogP contribution in [0.15, 0.2) is 26.6 Å². The zero-order valence-corrected chi connectivity index (χ0v) is 19.6. The largest absolute Gasteiger partial charge is 0.488 e. The molecule has 0 aliphatic carbocycles. The molecule has 2 aromatic rings. The van der Waals surface area contributed by atoms with E-state index in [0.29, 0.717) is 5.57 Å². The van der Waals surface area contributed by atoms with Crippen molar-refractivity contribution >= 4 is 63.6 Å². The van der Waals surface area contributed by atoms with Crippen LogP contribution in [-0.2, 0) is 21.4 Å². The quantitative estimate of drug-likeness (QED) is 0.142. The molecular formula is C17H15N7O7S3. The van der Waals surface area contributed by atoms with Gasteiger partial charge >= 0.3 is 11.5 Å². The van der Waals surface area contributed by atoms with Gasteiger partial charge in [-0.1, -0.05) is 11.8 Å². The van der Waals surface area contributed by atoms with Crippen LogP contribution in [0.3, 0.4) is 0 Å². The second-order valence-electron chi connectivity index (χ2n) is 6.95. The van der Waals surface area contributed by atoms with Crippen LogP contribution in [0.2, 0.25) is 0 Å². The van der Waals surface area contributed by atoms with E-state index in [4.69, 9.17) is 5.73 Å². The average Bonchev–Trinajstić information content (AvgIpc) is 3.23. The van der Waals surface area contributed by atoms with E-state index in [1.807, 2.05) is 0 Å². The summed E-state index contributed by atoms with van der Waals surface area (Å²) >= 11 is 3.23. The minimum Gasteiger partial charge on any atom is -0.488 e. The van der Waals surface area contributed by atoms with Gasteiger partial charge < -0.3 is 21.3 Å². The van der Waals surface area contributed by atoms with Crippen molar-refractivity contribution in [2.45, 2.75) is 16.6 Å². The monoisotopic (exact) mass is 525 g/mol. The lowest BCUT2D eigenvalue weighted by atomic mass is 10.0. The Morgan fingerprint density at radius 3 is 2.71 bits per heavy atom. The van der Waals surface area contributed by atoms with Crippen molar-refractivity contribution in [1.82, 2.24) is 30.0 Å². The standard InChI is InChI=1S/C17H15N7O7S3/c1-23-17(21-11(27)12(28)22-23)34-3-5-2-32-14-7(13(29)24(14)8(5)15(30)31)20-10(26)9(25)6-4-33-16(18)19-6/h4,7,14H,2-3H2,1H3,(H2,18,19)(H,20,26)(H,22,28)(H,30,31)/t7?,14-/m1/s1. The summed E-state index contributed by atoms with van der Waals surface area (Å²) in [6.45, 7) is 0. The number of carbonyl (C=O) groups is 4. The highest BCUT2D eigenvalue weighted by Gasteiger charge is 2.54. The SMILES string of the molecule is Cn1nc(O)c(=O)nc1SCC1=C(C(=O)O)N2C(=O)C(NC(=O)C(=O)c3csc(N)n3)[C@H]2SC1. The number of aromatic hydroxyl groups is 1. The number of carbonyl (C=O) groups excluding carboxylic acids is 3. The van der Waals surface area contributed by atoms with Gasteiger partial charge in [0.05, 0.1) is 0 Å². The Bertz CT molecular complexity index is 1320. The molecule has 1 unspecified atom stereocenters. The van der Waals surface area contributed by atoms with Crippen molar-refractivity contribution < 1.29 is 29.4 Å². The second kappa shape index (κ2) is 9.07. The Hall–Kier alpha value is -3.44. The molecule has 2 aromatic heterocycles. The summed E-state index contributed by atoms with van der Waals surface area (Å²) < 4.78 is 1.18. The van der Waals surface area contributed by atoms with Gasteiger partial charge in [0.25, 0.3) is 23.5 Å². The van der Waals surface area contributed by atoms with Gasteiger partial charge in [0.15, 0.2) is 10.3 Å². The third kappa shape index (κ3) is 4.24. The van der Waals surface area contributed by atoms with Crippen LogP contribution in [0.5, 0.6) is 5.88 Å². The first-order chi connectivity index (χ1) is 16.1. The number of ketones is 1. The normalized spacial score (nSPS) is 19.4. The van der Waals surface area contributed by atoms with E-state index >= 15 is 0 Å². The molecule has 2 aliphatic rings. The first-order valence-corrected chi connectivity index (χ1v) is 12.2. The lowest BCUT2D eigenvalue weighted by Crippen LogP contribution is -2.71. The van der Waals surface area contributed by atoms with Gasteiger partial charge in [-0.2, -0.15) is 4.98 Å². The molecule has 4 rings (SSSR count). The number of rotatable bonds is 7. The maximum Gasteiger partial charge on any atom is 0.352 e. The van der Waals surface area contributed by atoms with Gasteiger partial charge in [-0.3, -0.25) is 24.1 Å². The Kier molecular flexibility index (Phi) is 6.32. The van der Waals surface area contributed by atoms with Crippen LogP contribution in [0.25, 0.3) is 0 Å². The van der Waals surface area contributed by atoms with Crippen LogP contribution in [0.4, 0.5) is 5.13 Å². The van der Waals surface area contributed by atoms with Gasteiger partial charge in [0, 0.05) is 23.9 Å². The number of nitrogen functional groups attached to an aromatic ring is 1. The third-order valence-corrected chi connectivity index (χ3v) is 7.90. The number of aromatic nitrogens is 4. The molecule has 1 fully saturated rings. The number of thiazole rings is 1. The number of aliphatic carboxylic acids is 1. The van der Waals surface area contributed by atoms with Crippen molar-refractivity contribution in [3.8, 4) is 5.88 Å². The number of anilines is 1. The number of Topliss-reactive ketones (excluding diaryl/α,β-unsaturated/α-hetero) is 1. The highest BCUT2D eigenvalue weighted by Crippen LogP contribution is 2.41. The Labute approximate surface area is 202 Å². The van der Waals surface area contributed by atoms with E-state index in [1.54, 1.807) is 0 Å². The van der Waals surface area contributed by atoms with Gasteiger partial charge in [-0.25, -0.2) is 14.5 Å². The van der Waals surface area contributed by atoms with Crippen LogP contribution in [-0.4, -0.2) is 81.3 Å². The molecule has 0 bridgehead atoms. The molecule has 5 N–H and O–H groups in total. The van der Waals surface area contributed by atoms with Crippen molar-refractivity contribution in [1.29, 1.82) is 0 Å². The van der Waals surface area contributed by atoms with E-state index in [0.717, 1.165) is 28.0 Å². The highest BCUT2D eigenvalue weighted by atomic mass is 32.2. The summed E-state index contributed by atoms with van der Waals surface area (Å²) in [6, 6.07) is -1.08. The number of β-lactam (4-membered cyclic amide) rings is 1. The van der Waals surface area contributed by atoms with E-state index in [2.05, 4.69) is 20.4 Å². The minimum absolute atomic E-state index is 0.0820. The molecule has 0 aromatic carbocycles. The number of amides is 2. The fourth-order valence-electron chi connectivity index (χ4n) is 3.22. The molecule has 0 spiro atoms. The van der Waals surface area contributed by atoms with Crippen LogP contribution in [0.1, 0.15) is 10.5 Å². The molecule has 0 saturated carbocycles. The summed E-state index contributed by atoms with van der Waals surface area (Å²) in [5, 5.41) is 25.9. The maximum absolute atomic E-state index is 12.7. The summed E-state index contributed by atoms with van der Waals surface area (Å²) in [6.07, 6.45) is 0. The van der Waals surface area contributed by atoms with Gasteiger partial charge in [0.1, 0.15) is 22.8 Å². The third-order valence-electron chi connectivity index (χ3n) is 4.78. The first-order valence-electron chi connectivity index (χ1n) is 9.31. The lowest BCUT2D eigenvalue weighted by molar-refractivity contribution is -0.150. The number of aryl methyl sites for hydroxylation is 1. The van der Waals surface area contributed by atoms with Gasteiger partial charge in [-0.15, -0.1) is 28.2 Å². The van der Waals surface area contributed by atoms with Crippen molar-refractivity contribution in [3.05, 3.63) is 32.7 Å². The number of nitrogens with one attached hydrogen (secondary N) is 1. The fraction of sp³-hybridized carbons (Fsp3) is 0.294. The van der Waals surface area contributed by atoms with Crippen molar-refractivity contribution in [2.75, 3.05) is 17.2 Å². The summed E-state index contributed by atoms with van der Waals surface area (Å²) in [7, 11) is 1.46. The van der Waals surface area contributed by atoms with Gasteiger partial charge in [-0.05, 0) is 5.57 Å². The predicted octanol–water partition coefficient (Wildman–Crippen LogP) is -1.37. The Morgan fingerprint density at radius 1 is 1.32 bits per heavy atom. The molecule has 4 heterocycles. The second-order valence-corrected chi connectivity index (χ2v) is 9.89. The van der Waals surface area contributed by atoms with E-state index in [9.17, 15) is 34.2 Å². The predicted molar refractivity (Wildman–Crippen MR) is 120 cm³/mol. The van der Waals surface area contributed by atoms with E-state index < -0.39 is 46.4 Å². The van der Waals surface area contributed by atoms with Crippen LogP contribution in [0, 0.1) is 0 Å². The topological polar surface area (TPSA) is 211 Å². The zero-order valence-electron chi connectivity index (χ0n) is 17.1. The number of thioether (sulfide) groups is 2. The zero-order chi connectivity index (χ0) is 24.7. The van der Waals surface area contributed by atoms with Crippen molar-refractivity contribution in [2.24, 2.45) is 7.05 Å².